The van der Waals surface area contributed by atoms with Crippen molar-refractivity contribution in [2.75, 3.05) is 18.1 Å². The highest BCUT2D eigenvalue weighted by atomic mass is 32.2. The molecule has 0 aliphatic carbocycles. The standard InChI is InChI=1S/C15H28N2O2S/c1-7-20-9-8-17-11(10(2)3)13(18)16-12(14(17)19)15(4,5)6/h10-12H,7-9H2,1-6H3,(H,16,18). The monoisotopic (exact) mass is 300 g/mol. The second kappa shape index (κ2) is 6.83. The van der Waals surface area contributed by atoms with Crippen molar-refractivity contribution >= 4 is 23.6 Å². The first kappa shape index (κ1) is 17.3. The molecule has 0 spiro atoms. The Kier molecular flexibility index (Phi) is 5.92. The number of hydrogen-bond donors (Lipinski definition) is 1. The second-order valence-electron chi connectivity index (χ2n) is 6.73. The van der Waals surface area contributed by atoms with Gasteiger partial charge in [-0.05, 0) is 17.1 Å². The molecule has 0 bridgehead atoms. The summed E-state index contributed by atoms with van der Waals surface area (Å²) in [5.74, 6) is 2.10. The fourth-order valence-electron chi connectivity index (χ4n) is 2.54. The normalized spacial score (nSPS) is 24.2. The molecule has 0 aromatic carbocycles. The summed E-state index contributed by atoms with van der Waals surface area (Å²) in [4.78, 5) is 26.9. The largest absolute Gasteiger partial charge is 0.342 e. The van der Waals surface area contributed by atoms with Crippen LogP contribution in [0.5, 0.6) is 0 Å². The molecule has 1 saturated heterocycles. The Morgan fingerprint density at radius 3 is 2.35 bits per heavy atom. The van der Waals surface area contributed by atoms with Gasteiger partial charge in [-0.2, -0.15) is 11.8 Å². The Hall–Kier alpha value is -0.710. The van der Waals surface area contributed by atoms with Gasteiger partial charge in [0.1, 0.15) is 12.1 Å². The third kappa shape index (κ3) is 3.90. The number of amides is 2. The van der Waals surface area contributed by atoms with E-state index in [0.717, 1.165) is 11.5 Å². The maximum Gasteiger partial charge on any atom is 0.246 e. The van der Waals surface area contributed by atoms with Crippen LogP contribution in [0, 0.1) is 11.3 Å². The number of piperazine rings is 1. The molecule has 20 heavy (non-hydrogen) atoms. The molecule has 0 aromatic rings. The quantitative estimate of drug-likeness (QED) is 0.791. The molecule has 2 unspecified atom stereocenters. The van der Waals surface area contributed by atoms with Crippen LogP contribution in [0.25, 0.3) is 0 Å². The lowest BCUT2D eigenvalue weighted by Crippen LogP contribution is -2.68. The Bertz CT molecular complexity index is 363. The minimum absolute atomic E-state index is 0.0129. The molecule has 116 valence electrons. The predicted octanol–water partition coefficient (Wildman–Crippen LogP) is 2.14. The number of carbonyl (C=O) groups excluding carboxylic acids is 2. The van der Waals surface area contributed by atoms with Gasteiger partial charge in [0, 0.05) is 12.3 Å². The Labute approximate surface area is 127 Å². The van der Waals surface area contributed by atoms with E-state index in [1.807, 2.05) is 34.6 Å². The Morgan fingerprint density at radius 2 is 1.90 bits per heavy atom. The van der Waals surface area contributed by atoms with Gasteiger partial charge in [0.05, 0.1) is 0 Å². The zero-order chi connectivity index (χ0) is 15.5. The summed E-state index contributed by atoms with van der Waals surface area (Å²) in [6, 6.07) is -0.754. The molecule has 1 heterocycles. The fourth-order valence-corrected chi connectivity index (χ4v) is 3.15. The highest BCUT2D eigenvalue weighted by Gasteiger charge is 2.45. The molecular weight excluding hydrogens is 272 g/mol. The molecule has 1 fully saturated rings. The first-order chi connectivity index (χ1) is 9.20. The predicted molar refractivity (Wildman–Crippen MR) is 84.7 cm³/mol. The van der Waals surface area contributed by atoms with Crippen LogP contribution in [0.15, 0.2) is 0 Å². The first-order valence-electron chi connectivity index (χ1n) is 7.38. The molecule has 2 amide bonds. The number of nitrogens with zero attached hydrogens (tertiary/aromatic N) is 1. The maximum atomic E-state index is 12.7. The molecule has 1 aliphatic rings. The number of rotatable bonds is 5. The van der Waals surface area contributed by atoms with E-state index in [1.54, 1.807) is 16.7 Å². The van der Waals surface area contributed by atoms with Gasteiger partial charge in [-0.1, -0.05) is 41.5 Å². The molecule has 0 aromatic heterocycles. The van der Waals surface area contributed by atoms with Crippen molar-refractivity contribution in [2.24, 2.45) is 11.3 Å². The summed E-state index contributed by atoms with van der Waals surface area (Å²) in [5, 5.41) is 2.92. The van der Waals surface area contributed by atoms with Gasteiger partial charge in [-0.15, -0.1) is 0 Å². The lowest BCUT2D eigenvalue weighted by molar-refractivity contribution is -0.153. The van der Waals surface area contributed by atoms with Gasteiger partial charge in [0.15, 0.2) is 0 Å². The highest BCUT2D eigenvalue weighted by Crippen LogP contribution is 2.27. The zero-order valence-corrected chi connectivity index (χ0v) is 14.3. The zero-order valence-electron chi connectivity index (χ0n) is 13.5. The van der Waals surface area contributed by atoms with E-state index in [2.05, 4.69) is 12.2 Å². The number of nitrogens with one attached hydrogen (secondary N) is 1. The van der Waals surface area contributed by atoms with E-state index >= 15 is 0 Å². The van der Waals surface area contributed by atoms with Crippen LogP contribution in [0.2, 0.25) is 0 Å². The van der Waals surface area contributed by atoms with Crippen molar-refractivity contribution in [3.63, 3.8) is 0 Å². The topological polar surface area (TPSA) is 49.4 Å². The van der Waals surface area contributed by atoms with Gasteiger partial charge in [-0.3, -0.25) is 9.59 Å². The molecule has 4 nitrogen and oxygen atoms in total. The second-order valence-corrected chi connectivity index (χ2v) is 8.12. The van der Waals surface area contributed by atoms with Crippen LogP contribution in [0.3, 0.4) is 0 Å². The average Bonchev–Trinajstić information content (AvgIpc) is 2.31. The summed E-state index contributed by atoms with van der Waals surface area (Å²) < 4.78 is 0. The summed E-state index contributed by atoms with van der Waals surface area (Å²) in [7, 11) is 0. The van der Waals surface area contributed by atoms with Gasteiger partial charge in [0.25, 0.3) is 0 Å². The third-order valence-electron chi connectivity index (χ3n) is 3.60. The Morgan fingerprint density at radius 1 is 1.30 bits per heavy atom. The summed E-state index contributed by atoms with van der Waals surface area (Å²) in [6.45, 7) is 12.7. The van der Waals surface area contributed by atoms with Crippen LogP contribution < -0.4 is 5.32 Å². The lowest BCUT2D eigenvalue weighted by Gasteiger charge is -2.44. The van der Waals surface area contributed by atoms with Crippen molar-refractivity contribution in [2.45, 2.75) is 53.6 Å². The van der Waals surface area contributed by atoms with Crippen LogP contribution in [0.4, 0.5) is 0 Å². The number of carbonyl (C=O) groups is 2. The van der Waals surface area contributed by atoms with Crippen molar-refractivity contribution < 1.29 is 9.59 Å². The summed E-state index contributed by atoms with van der Waals surface area (Å²) in [5.41, 5.74) is -0.259. The number of thioether (sulfide) groups is 1. The third-order valence-corrected chi connectivity index (χ3v) is 4.48. The molecule has 0 radical (unpaired) electrons. The van der Waals surface area contributed by atoms with Crippen molar-refractivity contribution in [3.05, 3.63) is 0 Å². The van der Waals surface area contributed by atoms with Crippen molar-refractivity contribution in [1.29, 1.82) is 0 Å². The molecule has 1 rings (SSSR count). The van der Waals surface area contributed by atoms with Crippen LogP contribution in [0.1, 0.15) is 41.5 Å². The van der Waals surface area contributed by atoms with Gasteiger partial charge >= 0.3 is 0 Å². The van der Waals surface area contributed by atoms with Crippen LogP contribution in [-0.4, -0.2) is 46.8 Å². The molecular formula is C15H28N2O2S. The van der Waals surface area contributed by atoms with E-state index < -0.39 is 6.04 Å². The van der Waals surface area contributed by atoms with Crippen LogP contribution in [-0.2, 0) is 9.59 Å². The summed E-state index contributed by atoms with van der Waals surface area (Å²) in [6.07, 6.45) is 0. The molecule has 0 saturated carbocycles. The molecule has 1 N–H and O–H groups in total. The molecule has 1 aliphatic heterocycles. The molecule has 5 heteroatoms. The maximum absolute atomic E-state index is 12.7. The van der Waals surface area contributed by atoms with Crippen molar-refractivity contribution in [3.8, 4) is 0 Å². The SMILES string of the molecule is CCSCCN1C(=O)C(C(C)(C)C)NC(=O)C1C(C)C. The van der Waals surface area contributed by atoms with Gasteiger partial charge in [-0.25, -0.2) is 0 Å². The fraction of sp³-hybridized carbons (Fsp3) is 0.867. The minimum Gasteiger partial charge on any atom is -0.342 e. The van der Waals surface area contributed by atoms with Gasteiger partial charge in [0.2, 0.25) is 11.8 Å². The van der Waals surface area contributed by atoms with E-state index in [-0.39, 0.29) is 29.2 Å². The number of hydrogen-bond acceptors (Lipinski definition) is 3. The van der Waals surface area contributed by atoms with Crippen LogP contribution >= 0.6 is 11.8 Å². The van der Waals surface area contributed by atoms with E-state index in [1.165, 1.54) is 0 Å². The van der Waals surface area contributed by atoms with E-state index in [4.69, 9.17) is 0 Å². The average molecular weight is 300 g/mol. The smallest absolute Gasteiger partial charge is 0.246 e. The van der Waals surface area contributed by atoms with Gasteiger partial charge < -0.3 is 10.2 Å². The van der Waals surface area contributed by atoms with E-state index in [0.29, 0.717) is 6.54 Å². The highest BCUT2D eigenvalue weighted by molar-refractivity contribution is 7.99. The summed E-state index contributed by atoms with van der Waals surface area (Å²) >= 11 is 1.80. The van der Waals surface area contributed by atoms with Crippen molar-refractivity contribution in [1.82, 2.24) is 10.2 Å². The molecule has 2 atom stereocenters. The Balaban J connectivity index is 2.95. The first-order valence-corrected chi connectivity index (χ1v) is 8.54. The minimum atomic E-state index is -0.420. The van der Waals surface area contributed by atoms with E-state index in [9.17, 15) is 9.59 Å². The lowest BCUT2D eigenvalue weighted by atomic mass is 9.83.